The fraction of sp³-hybridized carbons (Fsp3) is 0.200. The summed E-state index contributed by atoms with van der Waals surface area (Å²) in [4.78, 5) is 0. The van der Waals surface area contributed by atoms with Gasteiger partial charge in [-0.05, 0) is 31.5 Å². The monoisotopic (exact) mass is 248 g/mol. The SMILES string of the molecule is CCOc1ccc(-c2cccc(C)c2)c(F)c1F. The largest absolute Gasteiger partial charge is 0.491 e. The zero-order valence-corrected chi connectivity index (χ0v) is 10.3. The summed E-state index contributed by atoms with van der Waals surface area (Å²) in [6.07, 6.45) is 0. The summed E-state index contributed by atoms with van der Waals surface area (Å²) in [5, 5.41) is 0. The predicted octanol–water partition coefficient (Wildman–Crippen LogP) is 4.34. The first kappa shape index (κ1) is 12.6. The van der Waals surface area contributed by atoms with Crippen molar-refractivity contribution in [3.63, 3.8) is 0 Å². The van der Waals surface area contributed by atoms with Gasteiger partial charge in [-0.15, -0.1) is 0 Å². The normalized spacial score (nSPS) is 10.4. The Kier molecular flexibility index (Phi) is 3.60. The van der Waals surface area contributed by atoms with Crippen LogP contribution in [-0.4, -0.2) is 6.61 Å². The highest BCUT2D eigenvalue weighted by Crippen LogP contribution is 2.30. The van der Waals surface area contributed by atoms with Crippen molar-refractivity contribution in [3.05, 3.63) is 53.6 Å². The van der Waals surface area contributed by atoms with Gasteiger partial charge in [0.05, 0.1) is 6.61 Å². The molecule has 2 aromatic carbocycles. The lowest BCUT2D eigenvalue weighted by atomic mass is 10.0. The molecule has 0 heterocycles. The second kappa shape index (κ2) is 5.17. The molecule has 0 aliphatic carbocycles. The van der Waals surface area contributed by atoms with Crippen molar-refractivity contribution in [3.8, 4) is 16.9 Å². The molecule has 0 bridgehead atoms. The number of benzene rings is 2. The van der Waals surface area contributed by atoms with Crippen LogP contribution < -0.4 is 4.74 Å². The first-order chi connectivity index (χ1) is 8.63. The van der Waals surface area contributed by atoms with Gasteiger partial charge < -0.3 is 4.74 Å². The third-order valence-electron chi connectivity index (χ3n) is 2.68. The quantitative estimate of drug-likeness (QED) is 0.785. The van der Waals surface area contributed by atoms with Gasteiger partial charge in [0.25, 0.3) is 0 Å². The molecule has 0 radical (unpaired) electrons. The molecule has 3 heteroatoms. The lowest BCUT2D eigenvalue weighted by molar-refractivity contribution is 0.314. The third kappa shape index (κ3) is 2.35. The van der Waals surface area contributed by atoms with Gasteiger partial charge in [0.1, 0.15) is 0 Å². The average molecular weight is 248 g/mol. The highest BCUT2D eigenvalue weighted by Gasteiger charge is 2.15. The van der Waals surface area contributed by atoms with Crippen molar-refractivity contribution in [2.45, 2.75) is 13.8 Å². The van der Waals surface area contributed by atoms with Crippen LogP contribution in [-0.2, 0) is 0 Å². The minimum atomic E-state index is -0.934. The van der Waals surface area contributed by atoms with Crippen LogP contribution in [0.15, 0.2) is 36.4 Å². The van der Waals surface area contributed by atoms with Crippen molar-refractivity contribution in [1.29, 1.82) is 0 Å². The van der Waals surface area contributed by atoms with E-state index in [1.165, 1.54) is 12.1 Å². The minimum Gasteiger partial charge on any atom is -0.491 e. The van der Waals surface area contributed by atoms with E-state index in [9.17, 15) is 8.78 Å². The highest BCUT2D eigenvalue weighted by molar-refractivity contribution is 5.66. The van der Waals surface area contributed by atoms with Gasteiger partial charge in [0, 0.05) is 5.56 Å². The van der Waals surface area contributed by atoms with E-state index in [1.807, 2.05) is 25.1 Å². The Hall–Kier alpha value is -1.90. The highest BCUT2D eigenvalue weighted by atomic mass is 19.2. The van der Waals surface area contributed by atoms with Gasteiger partial charge in [-0.1, -0.05) is 29.8 Å². The number of rotatable bonds is 3. The van der Waals surface area contributed by atoms with E-state index in [-0.39, 0.29) is 11.3 Å². The Bertz CT molecular complexity index is 564. The molecule has 1 nitrogen and oxygen atoms in total. The minimum absolute atomic E-state index is 0.0496. The zero-order chi connectivity index (χ0) is 13.1. The molecule has 0 saturated carbocycles. The molecule has 0 saturated heterocycles. The van der Waals surface area contributed by atoms with Crippen molar-refractivity contribution in [1.82, 2.24) is 0 Å². The summed E-state index contributed by atoms with van der Waals surface area (Å²) in [5.41, 5.74) is 1.91. The fourth-order valence-electron chi connectivity index (χ4n) is 1.83. The van der Waals surface area contributed by atoms with Gasteiger partial charge in [0.15, 0.2) is 11.6 Å². The topological polar surface area (TPSA) is 9.23 Å². The Morgan fingerprint density at radius 2 is 1.83 bits per heavy atom. The van der Waals surface area contributed by atoms with E-state index in [0.717, 1.165) is 5.56 Å². The van der Waals surface area contributed by atoms with Crippen LogP contribution in [0.2, 0.25) is 0 Å². The molecule has 0 N–H and O–H groups in total. The zero-order valence-electron chi connectivity index (χ0n) is 10.3. The molecule has 0 fully saturated rings. The van der Waals surface area contributed by atoms with E-state index < -0.39 is 11.6 Å². The lowest BCUT2D eigenvalue weighted by Gasteiger charge is -2.09. The summed E-state index contributed by atoms with van der Waals surface area (Å²) in [5.74, 6) is -1.85. The maximum atomic E-state index is 13.9. The smallest absolute Gasteiger partial charge is 0.201 e. The molecule has 0 spiro atoms. The molecular weight excluding hydrogens is 234 g/mol. The van der Waals surface area contributed by atoms with E-state index in [2.05, 4.69) is 0 Å². The first-order valence-corrected chi connectivity index (χ1v) is 5.81. The van der Waals surface area contributed by atoms with Gasteiger partial charge >= 0.3 is 0 Å². The molecule has 2 rings (SSSR count). The summed E-state index contributed by atoms with van der Waals surface area (Å²) in [6, 6.07) is 10.3. The second-order valence-electron chi connectivity index (χ2n) is 4.04. The van der Waals surface area contributed by atoms with Gasteiger partial charge in [-0.3, -0.25) is 0 Å². The first-order valence-electron chi connectivity index (χ1n) is 5.81. The standard InChI is InChI=1S/C15H14F2O/c1-3-18-13-8-7-12(14(16)15(13)17)11-6-4-5-10(2)9-11/h4-9H,3H2,1-2H3. The molecule has 0 aliphatic heterocycles. The van der Waals surface area contributed by atoms with Gasteiger partial charge in [-0.25, -0.2) is 4.39 Å². The van der Waals surface area contributed by atoms with Crippen LogP contribution >= 0.6 is 0 Å². The van der Waals surface area contributed by atoms with Gasteiger partial charge in [0.2, 0.25) is 5.82 Å². The Morgan fingerprint density at radius 1 is 1.06 bits per heavy atom. The predicted molar refractivity (Wildman–Crippen MR) is 67.7 cm³/mol. The van der Waals surface area contributed by atoms with Crippen LogP contribution in [0.25, 0.3) is 11.1 Å². The molecule has 94 valence electrons. The molecule has 2 aromatic rings. The fourth-order valence-corrected chi connectivity index (χ4v) is 1.83. The Morgan fingerprint density at radius 3 is 2.50 bits per heavy atom. The van der Waals surface area contributed by atoms with Crippen molar-refractivity contribution in [2.75, 3.05) is 6.61 Å². The number of hydrogen-bond donors (Lipinski definition) is 0. The summed E-state index contributed by atoms with van der Waals surface area (Å²) >= 11 is 0. The maximum Gasteiger partial charge on any atom is 0.201 e. The van der Waals surface area contributed by atoms with Crippen LogP contribution in [0.3, 0.4) is 0 Å². The second-order valence-corrected chi connectivity index (χ2v) is 4.04. The van der Waals surface area contributed by atoms with Crippen molar-refractivity contribution in [2.24, 2.45) is 0 Å². The maximum absolute atomic E-state index is 13.9. The van der Waals surface area contributed by atoms with E-state index >= 15 is 0 Å². The summed E-state index contributed by atoms with van der Waals surface area (Å²) < 4.78 is 32.7. The molecule has 0 aromatic heterocycles. The van der Waals surface area contributed by atoms with E-state index in [1.54, 1.807) is 13.0 Å². The Balaban J connectivity index is 2.50. The molecule has 0 aliphatic rings. The number of ether oxygens (including phenoxy) is 1. The van der Waals surface area contributed by atoms with Gasteiger partial charge in [-0.2, -0.15) is 4.39 Å². The summed E-state index contributed by atoms with van der Waals surface area (Å²) in [6.45, 7) is 3.94. The molecule has 0 amide bonds. The number of halogens is 2. The summed E-state index contributed by atoms with van der Waals surface area (Å²) in [7, 11) is 0. The molecule has 0 unspecified atom stereocenters. The van der Waals surface area contributed by atoms with E-state index in [4.69, 9.17) is 4.74 Å². The van der Waals surface area contributed by atoms with Crippen molar-refractivity contribution >= 4 is 0 Å². The molecular formula is C15H14F2O. The average Bonchev–Trinajstić information content (AvgIpc) is 2.35. The lowest BCUT2D eigenvalue weighted by Crippen LogP contribution is -1.98. The van der Waals surface area contributed by atoms with Crippen LogP contribution in [0.1, 0.15) is 12.5 Å². The third-order valence-corrected chi connectivity index (χ3v) is 2.68. The van der Waals surface area contributed by atoms with Crippen LogP contribution in [0, 0.1) is 18.6 Å². The molecule has 18 heavy (non-hydrogen) atoms. The number of hydrogen-bond acceptors (Lipinski definition) is 1. The van der Waals surface area contributed by atoms with E-state index in [0.29, 0.717) is 12.2 Å². The molecule has 0 atom stereocenters. The number of aryl methyl sites for hydroxylation is 1. The van der Waals surface area contributed by atoms with Crippen LogP contribution in [0.5, 0.6) is 5.75 Å². The Labute approximate surface area is 105 Å². The van der Waals surface area contributed by atoms with Crippen LogP contribution in [0.4, 0.5) is 8.78 Å². The van der Waals surface area contributed by atoms with Crippen molar-refractivity contribution < 1.29 is 13.5 Å².